The Labute approximate surface area is 169 Å². The molecule has 1 atom stereocenters. The maximum absolute atomic E-state index is 13.0. The van der Waals surface area contributed by atoms with Crippen molar-refractivity contribution in [3.8, 4) is 11.4 Å². The summed E-state index contributed by atoms with van der Waals surface area (Å²) in [7, 11) is 0. The number of hydrogen-bond donors (Lipinski definition) is 0. The summed E-state index contributed by atoms with van der Waals surface area (Å²) in [5, 5.41) is 9.51. The van der Waals surface area contributed by atoms with Crippen molar-refractivity contribution < 1.29 is 4.79 Å². The predicted octanol–water partition coefficient (Wildman–Crippen LogP) is 3.82. The van der Waals surface area contributed by atoms with Crippen molar-refractivity contribution in [2.45, 2.75) is 44.4 Å². The molecule has 28 heavy (non-hydrogen) atoms. The largest absolute Gasteiger partial charge is 0.308 e. The third-order valence-electron chi connectivity index (χ3n) is 4.90. The lowest BCUT2D eigenvalue weighted by Crippen LogP contribution is -2.37. The number of benzene rings is 1. The van der Waals surface area contributed by atoms with Gasteiger partial charge in [-0.1, -0.05) is 36.9 Å². The zero-order chi connectivity index (χ0) is 19.5. The standard InChI is InChI=1S/C21H23N5OS/c1-3-12-25-20(16-8-10-22-11-9-16)23-24-21(25)28-14-19(27)26-15(2)13-17-6-4-5-7-18(17)26/h4-11,15H,3,12-14H2,1-2H3/t15-/m1/s1. The van der Waals surface area contributed by atoms with Gasteiger partial charge in [0.05, 0.1) is 5.75 Å². The number of anilines is 1. The van der Waals surface area contributed by atoms with Gasteiger partial charge < -0.3 is 9.47 Å². The van der Waals surface area contributed by atoms with Gasteiger partial charge >= 0.3 is 0 Å². The molecule has 0 bridgehead atoms. The van der Waals surface area contributed by atoms with E-state index in [0.29, 0.717) is 5.75 Å². The molecule has 7 heteroatoms. The Morgan fingerprint density at radius 3 is 2.75 bits per heavy atom. The molecule has 0 fully saturated rings. The van der Waals surface area contributed by atoms with Crippen molar-refractivity contribution in [1.29, 1.82) is 0 Å². The summed E-state index contributed by atoms with van der Waals surface area (Å²) < 4.78 is 2.09. The lowest BCUT2D eigenvalue weighted by Gasteiger charge is -2.22. The monoisotopic (exact) mass is 393 g/mol. The number of amides is 1. The second-order valence-corrected chi connectivity index (χ2v) is 7.87. The van der Waals surface area contributed by atoms with E-state index in [1.54, 1.807) is 12.4 Å². The number of rotatable bonds is 6. The van der Waals surface area contributed by atoms with Crippen LogP contribution in [0.2, 0.25) is 0 Å². The summed E-state index contributed by atoms with van der Waals surface area (Å²) in [4.78, 5) is 19.0. The van der Waals surface area contributed by atoms with Crippen molar-refractivity contribution in [3.63, 3.8) is 0 Å². The number of para-hydroxylation sites is 1. The molecule has 4 rings (SSSR count). The van der Waals surface area contributed by atoms with E-state index in [0.717, 1.165) is 41.6 Å². The van der Waals surface area contributed by atoms with Gasteiger partial charge in [-0.2, -0.15) is 0 Å². The molecular weight excluding hydrogens is 370 g/mol. The summed E-state index contributed by atoms with van der Waals surface area (Å²) in [6, 6.07) is 12.2. The van der Waals surface area contributed by atoms with Gasteiger partial charge in [-0.25, -0.2) is 0 Å². The zero-order valence-electron chi connectivity index (χ0n) is 16.1. The van der Waals surface area contributed by atoms with Gasteiger partial charge in [-0.15, -0.1) is 10.2 Å². The Morgan fingerprint density at radius 1 is 1.18 bits per heavy atom. The highest BCUT2D eigenvalue weighted by molar-refractivity contribution is 7.99. The third-order valence-corrected chi connectivity index (χ3v) is 5.85. The minimum absolute atomic E-state index is 0.110. The molecular formula is C21H23N5OS. The fourth-order valence-corrected chi connectivity index (χ4v) is 4.50. The second-order valence-electron chi connectivity index (χ2n) is 6.93. The van der Waals surface area contributed by atoms with Crippen LogP contribution < -0.4 is 4.90 Å². The fraction of sp³-hybridized carbons (Fsp3) is 0.333. The molecule has 0 unspecified atom stereocenters. The van der Waals surface area contributed by atoms with Crippen LogP contribution in [0, 0.1) is 0 Å². The van der Waals surface area contributed by atoms with E-state index in [9.17, 15) is 4.79 Å². The smallest absolute Gasteiger partial charge is 0.237 e. The van der Waals surface area contributed by atoms with Crippen LogP contribution in [0.25, 0.3) is 11.4 Å². The molecule has 0 aliphatic carbocycles. The number of carbonyl (C=O) groups is 1. The fourth-order valence-electron chi connectivity index (χ4n) is 3.68. The quantitative estimate of drug-likeness (QED) is 0.596. The van der Waals surface area contributed by atoms with Crippen LogP contribution in [-0.4, -0.2) is 37.5 Å². The van der Waals surface area contributed by atoms with Crippen molar-refractivity contribution in [3.05, 3.63) is 54.4 Å². The van der Waals surface area contributed by atoms with Gasteiger partial charge in [0, 0.05) is 36.2 Å². The van der Waals surface area contributed by atoms with Crippen LogP contribution in [-0.2, 0) is 17.8 Å². The van der Waals surface area contributed by atoms with Gasteiger partial charge in [0.1, 0.15) is 0 Å². The number of nitrogens with zero attached hydrogens (tertiary/aromatic N) is 5. The Bertz CT molecular complexity index is 972. The minimum atomic E-state index is 0.110. The minimum Gasteiger partial charge on any atom is -0.308 e. The molecule has 3 heterocycles. The van der Waals surface area contributed by atoms with E-state index in [2.05, 4.69) is 39.7 Å². The van der Waals surface area contributed by atoms with Crippen molar-refractivity contribution in [1.82, 2.24) is 19.7 Å². The van der Waals surface area contributed by atoms with Gasteiger partial charge in [-0.3, -0.25) is 9.78 Å². The highest BCUT2D eigenvalue weighted by atomic mass is 32.2. The Kier molecular flexibility index (Phi) is 5.43. The van der Waals surface area contributed by atoms with Gasteiger partial charge in [0.2, 0.25) is 5.91 Å². The number of aromatic nitrogens is 4. The SMILES string of the molecule is CCCn1c(SCC(=O)N2c3ccccc3C[C@H]2C)nnc1-c1ccncc1. The molecule has 1 aliphatic heterocycles. The Hall–Kier alpha value is -2.67. The van der Waals surface area contributed by atoms with Crippen LogP contribution in [0.15, 0.2) is 53.9 Å². The lowest BCUT2D eigenvalue weighted by atomic mass is 10.1. The van der Waals surface area contributed by atoms with Gasteiger partial charge in [0.25, 0.3) is 0 Å². The molecule has 1 aliphatic rings. The molecule has 0 N–H and O–H groups in total. The number of fused-ring (bicyclic) bond motifs is 1. The Balaban J connectivity index is 1.52. The first kappa shape index (κ1) is 18.7. The maximum Gasteiger partial charge on any atom is 0.237 e. The second kappa shape index (κ2) is 8.14. The summed E-state index contributed by atoms with van der Waals surface area (Å²) in [5.41, 5.74) is 3.26. The first-order valence-corrected chi connectivity index (χ1v) is 10.5. The predicted molar refractivity (Wildman–Crippen MR) is 111 cm³/mol. The van der Waals surface area contributed by atoms with E-state index in [1.807, 2.05) is 35.2 Å². The van der Waals surface area contributed by atoms with Crippen molar-refractivity contribution in [2.24, 2.45) is 0 Å². The van der Waals surface area contributed by atoms with E-state index in [-0.39, 0.29) is 11.9 Å². The van der Waals surface area contributed by atoms with Crippen LogP contribution in [0.5, 0.6) is 0 Å². The number of thioether (sulfide) groups is 1. The van der Waals surface area contributed by atoms with Gasteiger partial charge in [0.15, 0.2) is 11.0 Å². The molecule has 144 valence electrons. The molecule has 0 saturated carbocycles. The highest BCUT2D eigenvalue weighted by Crippen LogP contribution is 2.33. The summed E-state index contributed by atoms with van der Waals surface area (Å²) >= 11 is 1.46. The molecule has 0 saturated heterocycles. The zero-order valence-corrected chi connectivity index (χ0v) is 16.9. The highest BCUT2D eigenvalue weighted by Gasteiger charge is 2.30. The topological polar surface area (TPSA) is 63.9 Å². The molecule has 2 aromatic heterocycles. The number of carbonyl (C=O) groups excluding carboxylic acids is 1. The van der Waals surface area contributed by atoms with Crippen LogP contribution >= 0.6 is 11.8 Å². The van der Waals surface area contributed by atoms with Crippen molar-refractivity contribution in [2.75, 3.05) is 10.7 Å². The van der Waals surface area contributed by atoms with Crippen LogP contribution in [0.3, 0.4) is 0 Å². The normalized spacial score (nSPS) is 15.6. The molecule has 0 spiro atoms. The van der Waals surface area contributed by atoms with Crippen LogP contribution in [0.1, 0.15) is 25.8 Å². The third kappa shape index (κ3) is 3.54. The van der Waals surface area contributed by atoms with Crippen molar-refractivity contribution >= 4 is 23.4 Å². The number of hydrogen-bond acceptors (Lipinski definition) is 5. The average molecular weight is 394 g/mol. The van der Waals surface area contributed by atoms with Gasteiger partial charge in [-0.05, 0) is 43.5 Å². The average Bonchev–Trinajstić information content (AvgIpc) is 3.27. The molecule has 0 radical (unpaired) electrons. The molecule has 1 amide bonds. The maximum atomic E-state index is 13.0. The molecule has 1 aromatic carbocycles. The summed E-state index contributed by atoms with van der Waals surface area (Å²) in [6.45, 7) is 5.03. The first-order valence-electron chi connectivity index (χ1n) is 9.55. The first-order chi connectivity index (χ1) is 13.7. The Morgan fingerprint density at radius 2 is 1.96 bits per heavy atom. The molecule has 6 nitrogen and oxygen atoms in total. The summed E-state index contributed by atoms with van der Waals surface area (Å²) in [6.07, 6.45) is 5.38. The summed E-state index contributed by atoms with van der Waals surface area (Å²) in [5.74, 6) is 1.27. The van der Waals surface area contributed by atoms with Crippen LogP contribution in [0.4, 0.5) is 5.69 Å². The molecule has 3 aromatic rings. The van der Waals surface area contributed by atoms with E-state index >= 15 is 0 Å². The number of pyridine rings is 1. The van der Waals surface area contributed by atoms with E-state index in [1.165, 1.54) is 17.3 Å². The lowest BCUT2D eigenvalue weighted by molar-refractivity contribution is -0.116. The van der Waals surface area contributed by atoms with E-state index < -0.39 is 0 Å². The van der Waals surface area contributed by atoms with E-state index in [4.69, 9.17) is 0 Å².